The van der Waals surface area contributed by atoms with Crippen molar-refractivity contribution in [2.45, 2.75) is 58.6 Å². The van der Waals surface area contributed by atoms with Crippen molar-refractivity contribution < 1.29 is 14.6 Å². The molecule has 164 valence electrons. The van der Waals surface area contributed by atoms with Crippen molar-refractivity contribution in [2.24, 2.45) is 0 Å². The van der Waals surface area contributed by atoms with Crippen LogP contribution >= 0.6 is 0 Å². The molecule has 0 aliphatic heterocycles. The summed E-state index contributed by atoms with van der Waals surface area (Å²) in [7, 11) is 1.34. The quantitative estimate of drug-likeness (QED) is 0.477. The lowest BCUT2D eigenvalue weighted by molar-refractivity contribution is 0.0600. The van der Waals surface area contributed by atoms with Crippen molar-refractivity contribution in [3.8, 4) is 0 Å². The smallest absolute Gasteiger partial charge is 0.337 e. The molecule has 0 fully saturated rings. The van der Waals surface area contributed by atoms with E-state index >= 15 is 0 Å². The molecular formula is C24H30N4O3. The van der Waals surface area contributed by atoms with E-state index in [1.54, 1.807) is 12.1 Å². The van der Waals surface area contributed by atoms with E-state index in [0.29, 0.717) is 17.7 Å². The number of hydrogen-bond donors (Lipinski definition) is 1. The van der Waals surface area contributed by atoms with E-state index in [0.717, 1.165) is 56.0 Å². The molecule has 0 bridgehead atoms. The normalized spacial score (nSPS) is 10.9. The van der Waals surface area contributed by atoms with Crippen molar-refractivity contribution in [1.82, 2.24) is 19.7 Å². The average Bonchev–Trinajstić information content (AvgIpc) is 3.20. The lowest BCUT2D eigenvalue weighted by Gasteiger charge is -2.10. The van der Waals surface area contributed by atoms with Crippen LogP contribution in [0.4, 0.5) is 0 Å². The van der Waals surface area contributed by atoms with E-state index < -0.39 is 5.97 Å². The Morgan fingerprint density at radius 3 is 2.45 bits per heavy atom. The third-order valence-electron chi connectivity index (χ3n) is 5.26. The second-order valence-electron chi connectivity index (χ2n) is 7.47. The van der Waals surface area contributed by atoms with Crippen LogP contribution in [0.25, 0.3) is 0 Å². The highest BCUT2D eigenvalue weighted by molar-refractivity contribution is 5.89. The summed E-state index contributed by atoms with van der Waals surface area (Å²) in [6.07, 6.45) is 5.18. The molecule has 3 rings (SSSR count). The van der Waals surface area contributed by atoms with Crippen LogP contribution in [0.2, 0.25) is 0 Å². The molecule has 0 aliphatic carbocycles. The van der Waals surface area contributed by atoms with Gasteiger partial charge in [-0.3, -0.25) is 4.98 Å². The van der Waals surface area contributed by atoms with Gasteiger partial charge in [0, 0.05) is 25.1 Å². The number of aromatic nitrogens is 4. The largest absolute Gasteiger partial charge is 0.465 e. The molecule has 1 N–H and O–H groups in total. The highest BCUT2D eigenvalue weighted by atomic mass is 16.5. The van der Waals surface area contributed by atoms with Gasteiger partial charge in [-0.2, -0.15) is 0 Å². The predicted molar refractivity (Wildman–Crippen MR) is 118 cm³/mol. The van der Waals surface area contributed by atoms with Gasteiger partial charge in [-0.05, 0) is 43.4 Å². The maximum absolute atomic E-state index is 11.9. The molecule has 2 aromatic heterocycles. The second-order valence-corrected chi connectivity index (χ2v) is 7.47. The van der Waals surface area contributed by atoms with Gasteiger partial charge in [0.15, 0.2) is 0 Å². The van der Waals surface area contributed by atoms with Gasteiger partial charge >= 0.3 is 5.97 Å². The molecule has 2 heterocycles. The number of pyridine rings is 1. The number of aliphatic hydroxyl groups is 1. The maximum Gasteiger partial charge on any atom is 0.337 e. The molecule has 7 nitrogen and oxygen atoms in total. The van der Waals surface area contributed by atoms with Crippen molar-refractivity contribution in [3.05, 3.63) is 76.6 Å². The molecular weight excluding hydrogens is 392 g/mol. The summed E-state index contributed by atoms with van der Waals surface area (Å²) < 4.78 is 7.03. The van der Waals surface area contributed by atoms with Crippen LogP contribution in [0.3, 0.4) is 0 Å². The fourth-order valence-electron chi connectivity index (χ4n) is 3.69. The number of ether oxygens (including phenoxy) is 1. The Morgan fingerprint density at radius 2 is 1.74 bits per heavy atom. The van der Waals surface area contributed by atoms with E-state index in [4.69, 9.17) is 4.74 Å². The minimum Gasteiger partial charge on any atom is -0.465 e. The van der Waals surface area contributed by atoms with Crippen molar-refractivity contribution >= 4 is 5.97 Å². The van der Waals surface area contributed by atoms with Crippen LogP contribution in [0.15, 0.2) is 42.5 Å². The molecule has 31 heavy (non-hydrogen) atoms. The number of carbonyl (C=O) groups is 1. The Morgan fingerprint density at radius 1 is 1.00 bits per heavy atom. The molecule has 0 unspecified atom stereocenters. The molecule has 0 saturated heterocycles. The van der Waals surface area contributed by atoms with Gasteiger partial charge < -0.3 is 14.4 Å². The Kier molecular flexibility index (Phi) is 8.29. The van der Waals surface area contributed by atoms with Crippen LogP contribution in [0.5, 0.6) is 0 Å². The average molecular weight is 423 g/mol. The number of hydrogen-bond acceptors (Lipinski definition) is 6. The number of rotatable bonds is 11. The van der Waals surface area contributed by atoms with E-state index in [-0.39, 0.29) is 6.61 Å². The van der Waals surface area contributed by atoms with Gasteiger partial charge in [-0.1, -0.05) is 37.3 Å². The Labute approximate surface area is 183 Å². The summed E-state index contributed by atoms with van der Waals surface area (Å²) in [6.45, 7) is 2.78. The van der Waals surface area contributed by atoms with Gasteiger partial charge in [0.2, 0.25) is 0 Å². The molecule has 0 radical (unpaired) electrons. The van der Waals surface area contributed by atoms with Gasteiger partial charge in [-0.15, -0.1) is 10.2 Å². The zero-order valence-corrected chi connectivity index (χ0v) is 18.3. The van der Waals surface area contributed by atoms with Crippen LogP contribution in [0.1, 0.15) is 58.7 Å². The van der Waals surface area contributed by atoms with E-state index in [1.807, 2.05) is 6.07 Å². The minimum absolute atomic E-state index is 0.215. The Balaban J connectivity index is 1.61. The maximum atomic E-state index is 11.9. The van der Waals surface area contributed by atoms with E-state index in [1.165, 1.54) is 12.7 Å². The van der Waals surface area contributed by atoms with E-state index in [2.05, 4.69) is 50.9 Å². The van der Waals surface area contributed by atoms with Crippen LogP contribution in [-0.2, 0) is 43.6 Å². The van der Waals surface area contributed by atoms with Gasteiger partial charge in [0.05, 0.1) is 25.0 Å². The minimum atomic E-state index is -0.427. The van der Waals surface area contributed by atoms with Crippen LogP contribution in [0, 0.1) is 0 Å². The van der Waals surface area contributed by atoms with Crippen LogP contribution in [-0.4, -0.2) is 37.9 Å². The summed E-state index contributed by atoms with van der Waals surface area (Å²) in [5, 5.41) is 18.2. The third kappa shape index (κ3) is 6.21. The summed E-state index contributed by atoms with van der Waals surface area (Å²) >= 11 is 0. The number of methoxy groups -OCH3 is 1. The first-order valence-corrected chi connectivity index (χ1v) is 10.8. The SMILES string of the molecule is CCc1nnc(CCCc2cc(C(=O)OC)cc(CO)n2)n1CCCc1ccccc1. The topological polar surface area (TPSA) is 90.1 Å². The number of nitrogens with zero attached hydrogens (tertiary/aromatic N) is 4. The lowest BCUT2D eigenvalue weighted by atomic mass is 10.1. The zero-order valence-electron chi connectivity index (χ0n) is 18.3. The van der Waals surface area contributed by atoms with Crippen molar-refractivity contribution in [2.75, 3.05) is 7.11 Å². The standard InChI is InChI=1S/C24H30N4O3/c1-3-22-26-27-23(28(22)14-8-11-18-9-5-4-6-10-18)13-7-12-20-15-19(24(30)31-2)16-21(17-29)25-20/h4-6,9-10,15-16,29H,3,7-8,11-14,17H2,1-2H3. The summed E-state index contributed by atoms with van der Waals surface area (Å²) in [6, 6.07) is 13.8. The fourth-order valence-corrected chi connectivity index (χ4v) is 3.69. The fraction of sp³-hybridized carbons (Fsp3) is 0.417. The summed E-state index contributed by atoms with van der Waals surface area (Å²) in [5.74, 6) is 1.57. The van der Waals surface area contributed by atoms with Crippen LogP contribution < -0.4 is 0 Å². The predicted octanol–water partition coefficient (Wildman–Crippen LogP) is 3.32. The molecule has 0 amide bonds. The molecule has 1 aromatic carbocycles. The first-order valence-electron chi connectivity index (χ1n) is 10.8. The summed E-state index contributed by atoms with van der Waals surface area (Å²) in [4.78, 5) is 16.3. The number of aryl methyl sites for hydroxylation is 4. The zero-order chi connectivity index (χ0) is 22.1. The Bertz CT molecular complexity index is 986. The molecule has 0 atom stereocenters. The lowest BCUT2D eigenvalue weighted by Crippen LogP contribution is -2.10. The number of esters is 1. The number of benzene rings is 1. The number of aliphatic hydroxyl groups excluding tert-OH is 1. The van der Waals surface area contributed by atoms with Gasteiger partial charge in [0.25, 0.3) is 0 Å². The van der Waals surface area contributed by atoms with Gasteiger partial charge in [-0.25, -0.2) is 4.79 Å². The van der Waals surface area contributed by atoms with Gasteiger partial charge in [0.1, 0.15) is 11.6 Å². The molecule has 7 heteroatoms. The monoisotopic (exact) mass is 422 g/mol. The molecule has 0 saturated carbocycles. The first kappa shape index (κ1) is 22.6. The van der Waals surface area contributed by atoms with Crippen molar-refractivity contribution in [1.29, 1.82) is 0 Å². The van der Waals surface area contributed by atoms with Crippen molar-refractivity contribution in [3.63, 3.8) is 0 Å². The molecule has 0 spiro atoms. The highest BCUT2D eigenvalue weighted by Crippen LogP contribution is 2.13. The number of carbonyl (C=O) groups excluding carboxylic acids is 1. The Hall–Kier alpha value is -3.06. The first-order chi connectivity index (χ1) is 15.1. The molecule has 3 aromatic rings. The molecule has 0 aliphatic rings. The van der Waals surface area contributed by atoms with E-state index in [9.17, 15) is 9.90 Å². The highest BCUT2D eigenvalue weighted by Gasteiger charge is 2.13. The second kappa shape index (κ2) is 11.4. The summed E-state index contributed by atoms with van der Waals surface area (Å²) in [5.41, 5.74) is 2.98. The third-order valence-corrected chi connectivity index (χ3v) is 5.26.